The molecule has 1 aromatic heterocycles. The van der Waals surface area contributed by atoms with Crippen molar-refractivity contribution in [2.45, 2.75) is 19.6 Å². The van der Waals surface area contributed by atoms with Crippen LogP contribution in [0.2, 0.25) is 0 Å². The smallest absolute Gasteiger partial charge is 0.123 e. The molecule has 0 atom stereocenters. The van der Waals surface area contributed by atoms with E-state index in [9.17, 15) is 0 Å². The highest BCUT2D eigenvalue weighted by molar-refractivity contribution is 5.37. The average molecular weight is 441 g/mol. The van der Waals surface area contributed by atoms with E-state index in [-0.39, 0.29) is 0 Å². The number of hydrogen-bond acceptors (Lipinski definition) is 7. The largest absolute Gasteiger partial charge is 0.496 e. The van der Waals surface area contributed by atoms with Gasteiger partial charge in [-0.1, -0.05) is 12.1 Å². The highest BCUT2D eigenvalue weighted by Gasteiger charge is 2.16. The van der Waals surface area contributed by atoms with Gasteiger partial charge in [-0.25, -0.2) is 0 Å². The van der Waals surface area contributed by atoms with E-state index in [1.165, 1.54) is 16.7 Å². The van der Waals surface area contributed by atoms with Gasteiger partial charge in [0.15, 0.2) is 0 Å². The SMILES string of the molecule is COc1ccc(CN(CCN2CCOCC2)Cc2cccnc2)cc1CN1CCOCC1. The molecule has 0 aliphatic carbocycles. The van der Waals surface area contributed by atoms with Gasteiger partial charge in [-0.3, -0.25) is 19.7 Å². The molecule has 2 aliphatic rings. The van der Waals surface area contributed by atoms with E-state index in [1.54, 1.807) is 7.11 Å². The fraction of sp³-hybridized carbons (Fsp3) is 0.560. The third kappa shape index (κ3) is 6.98. The summed E-state index contributed by atoms with van der Waals surface area (Å²) in [6.45, 7) is 12.0. The number of nitrogens with zero attached hydrogens (tertiary/aromatic N) is 4. The van der Waals surface area contributed by atoms with Crippen LogP contribution in [0.15, 0.2) is 42.7 Å². The number of morpholine rings is 2. The van der Waals surface area contributed by atoms with Crippen LogP contribution >= 0.6 is 0 Å². The van der Waals surface area contributed by atoms with E-state index in [4.69, 9.17) is 14.2 Å². The summed E-state index contributed by atoms with van der Waals surface area (Å²) in [5.74, 6) is 0.965. The number of pyridine rings is 1. The Bertz CT molecular complexity index is 808. The van der Waals surface area contributed by atoms with Crippen molar-refractivity contribution in [3.8, 4) is 5.75 Å². The molecule has 0 bridgehead atoms. The van der Waals surface area contributed by atoms with E-state index in [2.05, 4.69) is 43.9 Å². The van der Waals surface area contributed by atoms with Crippen LogP contribution in [0, 0.1) is 0 Å². The first-order valence-corrected chi connectivity index (χ1v) is 11.7. The van der Waals surface area contributed by atoms with Crippen LogP contribution < -0.4 is 4.74 Å². The zero-order valence-electron chi connectivity index (χ0n) is 19.2. The average Bonchev–Trinajstić information content (AvgIpc) is 2.85. The summed E-state index contributed by atoms with van der Waals surface area (Å²) in [5.41, 5.74) is 3.82. The third-order valence-electron chi connectivity index (χ3n) is 6.21. The Morgan fingerprint density at radius 1 is 0.938 bits per heavy atom. The maximum Gasteiger partial charge on any atom is 0.123 e. The van der Waals surface area contributed by atoms with Crippen LogP contribution in [-0.4, -0.2) is 92.5 Å². The van der Waals surface area contributed by atoms with Crippen LogP contribution in [0.5, 0.6) is 5.75 Å². The van der Waals surface area contributed by atoms with Gasteiger partial charge in [-0.05, 0) is 29.3 Å². The van der Waals surface area contributed by atoms with Crippen LogP contribution in [0.4, 0.5) is 0 Å². The molecule has 3 heterocycles. The lowest BCUT2D eigenvalue weighted by molar-refractivity contribution is 0.0324. The van der Waals surface area contributed by atoms with Gasteiger partial charge in [0.2, 0.25) is 0 Å². The number of ether oxygens (including phenoxy) is 3. The standard InChI is InChI=1S/C25H36N4O3/c1-30-25-5-4-22(17-24(25)21-28-11-15-32-16-12-28)19-29(20-23-3-2-6-26-18-23)8-7-27-9-13-31-14-10-27/h2-6,17-18H,7-16,19-21H2,1H3. The molecule has 0 unspecified atom stereocenters. The number of rotatable bonds is 10. The van der Waals surface area contributed by atoms with Crippen molar-refractivity contribution in [1.82, 2.24) is 19.7 Å². The van der Waals surface area contributed by atoms with Crippen molar-refractivity contribution in [3.63, 3.8) is 0 Å². The van der Waals surface area contributed by atoms with E-state index in [0.717, 1.165) is 91.1 Å². The number of hydrogen-bond donors (Lipinski definition) is 0. The van der Waals surface area contributed by atoms with Crippen LogP contribution in [-0.2, 0) is 29.1 Å². The maximum absolute atomic E-state index is 5.67. The summed E-state index contributed by atoms with van der Waals surface area (Å²) < 4.78 is 16.7. The van der Waals surface area contributed by atoms with Gasteiger partial charge in [-0.2, -0.15) is 0 Å². The lowest BCUT2D eigenvalue weighted by atomic mass is 10.1. The monoisotopic (exact) mass is 440 g/mol. The molecule has 2 fully saturated rings. The van der Waals surface area contributed by atoms with Crippen molar-refractivity contribution >= 4 is 0 Å². The van der Waals surface area contributed by atoms with E-state index < -0.39 is 0 Å². The van der Waals surface area contributed by atoms with Crippen LogP contribution in [0.25, 0.3) is 0 Å². The first-order chi connectivity index (χ1) is 15.8. The number of benzene rings is 1. The molecule has 0 spiro atoms. The summed E-state index contributed by atoms with van der Waals surface area (Å²) in [4.78, 5) is 11.8. The second kappa shape index (κ2) is 12.3. The molecule has 32 heavy (non-hydrogen) atoms. The predicted octanol–water partition coefficient (Wildman–Crippen LogP) is 2.26. The molecule has 0 amide bonds. The summed E-state index contributed by atoms with van der Waals surface area (Å²) >= 11 is 0. The fourth-order valence-electron chi connectivity index (χ4n) is 4.38. The Kier molecular flexibility index (Phi) is 8.88. The van der Waals surface area contributed by atoms with Crippen molar-refractivity contribution in [3.05, 3.63) is 59.4 Å². The second-order valence-corrected chi connectivity index (χ2v) is 8.56. The first kappa shape index (κ1) is 23.1. The van der Waals surface area contributed by atoms with Crippen LogP contribution in [0.1, 0.15) is 16.7 Å². The highest BCUT2D eigenvalue weighted by Crippen LogP contribution is 2.23. The quantitative estimate of drug-likeness (QED) is 0.562. The Morgan fingerprint density at radius 2 is 1.66 bits per heavy atom. The van der Waals surface area contributed by atoms with Gasteiger partial charge in [0.25, 0.3) is 0 Å². The predicted molar refractivity (Wildman–Crippen MR) is 125 cm³/mol. The molecule has 2 aliphatic heterocycles. The van der Waals surface area contributed by atoms with E-state index in [1.807, 2.05) is 18.5 Å². The molecule has 4 rings (SSSR count). The summed E-state index contributed by atoms with van der Waals surface area (Å²) in [7, 11) is 1.76. The van der Waals surface area contributed by atoms with Gasteiger partial charge < -0.3 is 14.2 Å². The molecule has 2 aromatic rings. The zero-order chi connectivity index (χ0) is 22.0. The molecule has 0 saturated carbocycles. The Hall–Kier alpha value is -2.03. The minimum absolute atomic E-state index is 0.808. The topological polar surface area (TPSA) is 50.3 Å². The molecular weight excluding hydrogens is 404 g/mol. The van der Waals surface area contributed by atoms with Crippen LogP contribution in [0.3, 0.4) is 0 Å². The van der Waals surface area contributed by atoms with Gasteiger partial charge >= 0.3 is 0 Å². The van der Waals surface area contributed by atoms with Gasteiger partial charge in [0.1, 0.15) is 5.75 Å². The van der Waals surface area contributed by atoms with Crippen molar-refractivity contribution < 1.29 is 14.2 Å². The molecule has 1 aromatic carbocycles. The molecule has 7 nitrogen and oxygen atoms in total. The highest BCUT2D eigenvalue weighted by atomic mass is 16.5. The lowest BCUT2D eigenvalue weighted by Gasteiger charge is -2.30. The number of aromatic nitrogens is 1. The maximum atomic E-state index is 5.67. The lowest BCUT2D eigenvalue weighted by Crippen LogP contribution is -2.41. The summed E-state index contributed by atoms with van der Waals surface area (Å²) in [6.07, 6.45) is 3.81. The van der Waals surface area contributed by atoms with Gasteiger partial charge in [-0.15, -0.1) is 0 Å². The minimum atomic E-state index is 0.808. The normalized spacial score (nSPS) is 18.2. The molecular formula is C25H36N4O3. The van der Waals surface area contributed by atoms with Gasteiger partial charge in [0.05, 0.1) is 33.5 Å². The number of methoxy groups -OCH3 is 1. The second-order valence-electron chi connectivity index (χ2n) is 8.56. The van der Waals surface area contributed by atoms with Crippen molar-refractivity contribution in [2.75, 3.05) is 72.8 Å². The molecule has 0 N–H and O–H groups in total. The molecule has 0 radical (unpaired) electrons. The minimum Gasteiger partial charge on any atom is -0.496 e. The van der Waals surface area contributed by atoms with Crippen molar-refractivity contribution in [2.24, 2.45) is 0 Å². The Balaban J connectivity index is 1.44. The summed E-state index contributed by atoms with van der Waals surface area (Å²) in [6, 6.07) is 10.8. The fourth-order valence-corrected chi connectivity index (χ4v) is 4.38. The van der Waals surface area contributed by atoms with Crippen molar-refractivity contribution in [1.29, 1.82) is 0 Å². The Labute approximate surface area is 191 Å². The zero-order valence-corrected chi connectivity index (χ0v) is 19.2. The first-order valence-electron chi connectivity index (χ1n) is 11.7. The van der Waals surface area contributed by atoms with E-state index in [0.29, 0.717) is 0 Å². The third-order valence-corrected chi connectivity index (χ3v) is 6.21. The summed E-state index contributed by atoms with van der Waals surface area (Å²) in [5, 5.41) is 0. The molecule has 2 saturated heterocycles. The molecule has 7 heteroatoms. The van der Waals surface area contributed by atoms with E-state index >= 15 is 0 Å². The molecule has 174 valence electrons. The van der Waals surface area contributed by atoms with Gasteiger partial charge in [0, 0.05) is 76.9 Å². The Morgan fingerprint density at radius 3 is 2.34 bits per heavy atom.